The van der Waals surface area contributed by atoms with Crippen LogP contribution in [0.25, 0.3) is 0 Å². The van der Waals surface area contributed by atoms with Gasteiger partial charge in [0, 0.05) is 18.0 Å². The molecule has 2 rings (SSSR count). The minimum Gasteiger partial charge on any atom is -0.369 e. The standard InChI is InChI=1S/C16H30N2O/c1-16(2)10-3-4-13(9-11-16)18-14-7-5-12(6-8-14)15(17)19/h12-14,18H,3-11H2,1-2H3,(H2,17,19). The largest absolute Gasteiger partial charge is 0.369 e. The van der Waals surface area contributed by atoms with E-state index in [1.807, 2.05) is 0 Å². The Balaban J connectivity index is 1.75. The van der Waals surface area contributed by atoms with Gasteiger partial charge in [0.05, 0.1) is 0 Å². The highest BCUT2D eigenvalue weighted by molar-refractivity contribution is 5.76. The smallest absolute Gasteiger partial charge is 0.220 e. The van der Waals surface area contributed by atoms with Crippen LogP contribution in [0.5, 0.6) is 0 Å². The molecule has 0 heterocycles. The van der Waals surface area contributed by atoms with Gasteiger partial charge in [0.2, 0.25) is 5.91 Å². The van der Waals surface area contributed by atoms with Crippen LogP contribution in [0.1, 0.15) is 71.6 Å². The number of amides is 1. The molecule has 0 spiro atoms. The average molecular weight is 266 g/mol. The van der Waals surface area contributed by atoms with Crippen LogP contribution >= 0.6 is 0 Å². The van der Waals surface area contributed by atoms with Gasteiger partial charge in [0.15, 0.2) is 0 Å². The molecule has 0 radical (unpaired) electrons. The summed E-state index contributed by atoms with van der Waals surface area (Å²) in [6.45, 7) is 4.79. The number of hydrogen-bond donors (Lipinski definition) is 2. The highest BCUT2D eigenvalue weighted by atomic mass is 16.1. The molecule has 110 valence electrons. The lowest BCUT2D eigenvalue weighted by atomic mass is 9.84. The summed E-state index contributed by atoms with van der Waals surface area (Å²) in [5, 5.41) is 3.84. The molecule has 19 heavy (non-hydrogen) atoms. The van der Waals surface area contributed by atoms with E-state index in [2.05, 4.69) is 19.2 Å². The Morgan fingerprint density at radius 2 is 1.63 bits per heavy atom. The second-order valence-corrected chi connectivity index (χ2v) is 7.41. The molecule has 3 nitrogen and oxygen atoms in total. The van der Waals surface area contributed by atoms with Crippen molar-refractivity contribution in [2.75, 3.05) is 0 Å². The molecule has 0 saturated heterocycles. The Morgan fingerprint density at radius 1 is 1.00 bits per heavy atom. The van der Waals surface area contributed by atoms with Crippen LogP contribution in [0.3, 0.4) is 0 Å². The van der Waals surface area contributed by atoms with Crippen molar-refractivity contribution >= 4 is 5.91 Å². The van der Waals surface area contributed by atoms with Crippen molar-refractivity contribution in [3.8, 4) is 0 Å². The molecule has 0 aliphatic heterocycles. The number of carbonyl (C=O) groups excluding carboxylic acids is 1. The van der Waals surface area contributed by atoms with Crippen LogP contribution in [0, 0.1) is 11.3 Å². The molecule has 2 saturated carbocycles. The highest BCUT2D eigenvalue weighted by Crippen LogP contribution is 2.34. The molecule has 3 N–H and O–H groups in total. The van der Waals surface area contributed by atoms with Gasteiger partial charge in [-0.15, -0.1) is 0 Å². The first-order valence-electron chi connectivity index (χ1n) is 8.02. The predicted molar refractivity (Wildman–Crippen MR) is 78.7 cm³/mol. The lowest BCUT2D eigenvalue weighted by molar-refractivity contribution is -0.122. The molecule has 0 bridgehead atoms. The van der Waals surface area contributed by atoms with Crippen molar-refractivity contribution in [2.24, 2.45) is 17.1 Å². The number of carbonyl (C=O) groups is 1. The molecule has 0 aromatic rings. The SMILES string of the molecule is CC1(C)CCCC(NC2CCC(C(N)=O)CC2)CC1. The van der Waals surface area contributed by atoms with Crippen molar-refractivity contribution < 1.29 is 4.79 Å². The minimum atomic E-state index is -0.102. The van der Waals surface area contributed by atoms with Gasteiger partial charge in [-0.05, 0) is 56.8 Å². The van der Waals surface area contributed by atoms with E-state index in [-0.39, 0.29) is 11.8 Å². The maximum absolute atomic E-state index is 11.2. The molecule has 2 aliphatic rings. The van der Waals surface area contributed by atoms with E-state index in [0.717, 1.165) is 25.7 Å². The summed E-state index contributed by atoms with van der Waals surface area (Å²) < 4.78 is 0. The maximum Gasteiger partial charge on any atom is 0.220 e. The van der Waals surface area contributed by atoms with E-state index in [9.17, 15) is 4.79 Å². The van der Waals surface area contributed by atoms with Crippen LogP contribution in [0.15, 0.2) is 0 Å². The third-order valence-electron chi connectivity index (χ3n) is 5.18. The summed E-state index contributed by atoms with van der Waals surface area (Å²) in [4.78, 5) is 11.2. The van der Waals surface area contributed by atoms with Gasteiger partial charge in [-0.2, -0.15) is 0 Å². The lowest BCUT2D eigenvalue weighted by Gasteiger charge is -2.31. The first kappa shape index (κ1) is 14.8. The predicted octanol–water partition coefficient (Wildman–Crippen LogP) is 2.98. The maximum atomic E-state index is 11.2. The normalized spacial score (nSPS) is 35.6. The van der Waals surface area contributed by atoms with E-state index in [4.69, 9.17) is 5.73 Å². The Morgan fingerprint density at radius 3 is 2.26 bits per heavy atom. The summed E-state index contributed by atoms with van der Waals surface area (Å²) >= 11 is 0. The number of primary amides is 1. The van der Waals surface area contributed by atoms with Gasteiger partial charge in [0.25, 0.3) is 0 Å². The third-order valence-corrected chi connectivity index (χ3v) is 5.18. The lowest BCUT2D eigenvalue weighted by Crippen LogP contribution is -2.42. The molecule has 3 heteroatoms. The zero-order valence-electron chi connectivity index (χ0n) is 12.6. The van der Waals surface area contributed by atoms with Gasteiger partial charge in [-0.25, -0.2) is 0 Å². The molecule has 1 unspecified atom stereocenters. The van der Waals surface area contributed by atoms with E-state index in [1.54, 1.807) is 0 Å². The molecular formula is C16H30N2O. The molecule has 1 atom stereocenters. The van der Waals surface area contributed by atoms with Crippen LogP contribution in [-0.2, 0) is 4.79 Å². The Hall–Kier alpha value is -0.570. The first-order chi connectivity index (χ1) is 8.96. The van der Waals surface area contributed by atoms with Crippen molar-refractivity contribution in [3.05, 3.63) is 0 Å². The van der Waals surface area contributed by atoms with Gasteiger partial charge < -0.3 is 11.1 Å². The van der Waals surface area contributed by atoms with Crippen molar-refractivity contribution in [1.29, 1.82) is 0 Å². The molecule has 2 aliphatic carbocycles. The van der Waals surface area contributed by atoms with Gasteiger partial charge in [0.1, 0.15) is 0 Å². The molecule has 0 aromatic carbocycles. The fraction of sp³-hybridized carbons (Fsp3) is 0.938. The molecule has 1 amide bonds. The van der Waals surface area contributed by atoms with Crippen LogP contribution in [0.4, 0.5) is 0 Å². The summed E-state index contributed by atoms with van der Waals surface area (Å²) in [7, 11) is 0. The molecular weight excluding hydrogens is 236 g/mol. The zero-order chi connectivity index (χ0) is 13.9. The number of nitrogens with one attached hydrogen (secondary N) is 1. The van der Waals surface area contributed by atoms with Crippen molar-refractivity contribution in [1.82, 2.24) is 5.32 Å². The highest BCUT2D eigenvalue weighted by Gasteiger charge is 2.28. The van der Waals surface area contributed by atoms with Crippen LogP contribution in [0.2, 0.25) is 0 Å². The van der Waals surface area contributed by atoms with Gasteiger partial charge in [-0.3, -0.25) is 4.79 Å². The van der Waals surface area contributed by atoms with Crippen LogP contribution < -0.4 is 11.1 Å². The Kier molecular flexibility index (Phi) is 4.88. The Bertz CT molecular complexity index is 306. The number of rotatable bonds is 3. The van der Waals surface area contributed by atoms with Gasteiger partial charge in [-0.1, -0.05) is 20.3 Å². The van der Waals surface area contributed by atoms with E-state index in [1.165, 1.54) is 32.1 Å². The molecule has 2 fully saturated rings. The number of hydrogen-bond acceptors (Lipinski definition) is 2. The monoisotopic (exact) mass is 266 g/mol. The first-order valence-corrected chi connectivity index (χ1v) is 8.02. The van der Waals surface area contributed by atoms with E-state index in [0.29, 0.717) is 17.5 Å². The average Bonchev–Trinajstić information content (AvgIpc) is 2.52. The number of nitrogens with two attached hydrogens (primary N) is 1. The second kappa shape index (κ2) is 6.25. The Labute approximate surface area is 117 Å². The fourth-order valence-corrected chi connectivity index (χ4v) is 3.71. The summed E-state index contributed by atoms with van der Waals surface area (Å²) in [5.41, 5.74) is 5.92. The minimum absolute atomic E-state index is 0.102. The molecule has 0 aromatic heterocycles. The zero-order valence-corrected chi connectivity index (χ0v) is 12.6. The van der Waals surface area contributed by atoms with Gasteiger partial charge >= 0.3 is 0 Å². The quantitative estimate of drug-likeness (QED) is 0.772. The summed E-state index contributed by atoms with van der Waals surface area (Å²) in [5.74, 6) is 0.0285. The second-order valence-electron chi connectivity index (χ2n) is 7.41. The van der Waals surface area contributed by atoms with Crippen molar-refractivity contribution in [3.63, 3.8) is 0 Å². The fourth-order valence-electron chi connectivity index (χ4n) is 3.71. The van der Waals surface area contributed by atoms with Crippen LogP contribution in [-0.4, -0.2) is 18.0 Å². The summed E-state index contributed by atoms with van der Waals surface area (Å²) in [6.07, 6.45) is 10.9. The topological polar surface area (TPSA) is 55.1 Å². The summed E-state index contributed by atoms with van der Waals surface area (Å²) in [6, 6.07) is 1.30. The van der Waals surface area contributed by atoms with Crippen molar-refractivity contribution in [2.45, 2.75) is 83.7 Å². The third kappa shape index (κ3) is 4.48. The van der Waals surface area contributed by atoms with E-state index < -0.39 is 0 Å². The van der Waals surface area contributed by atoms with E-state index >= 15 is 0 Å².